The molecule has 3 N–H and O–H groups in total. The minimum atomic E-state index is -1.05. The average molecular weight is 356 g/mol. The molecule has 1 aliphatic rings. The molecule has 0 amide bonds. The first kappa shape index (κ1) is 18.2. The molecule has 1 aromatic carbocycles. The summed E-state index contributed by atoms with van der Waals surface area (Å²) < 4.78 is 11.3. The van der Waals surface area contributed by atoms with Crippen molar-refractivity contribution in [3.63, 3.8) is 0 Å². The van der Waals surface area contributed by atoms with Crippen molar-refractivity contribution in [3.8, 4) is 5.75 Å². The third-order valence-electron chi connectivity index (χ3n) is 5.00. The van der Waals surface area contributed by atoms with E-state index in [2.05, 4.69) is 5.10 Å². The predicted molar refractivity (Wildman–Crippen MR) is 98.9 cm³/mol. The molecule has 1 aliphatic carbocycles. The van der Waals surface area contributed by atoms with Crippen LogP contribution in [0, 0.1) is 5.41 Å². The van der Waals surface area contributed by atoms with Gasteiger partial charge in [-0.2, -0.15) is 5.10 Å². The third-order valence-corrected chi connectivity index (χ3v) is 5.00. The number of ether oxygens (including phenoxy) is 1. The summed E-state index contributed by atoms with van der Waals surface area (Å²) in [6.07, 6.45) is 6.30. The lowest BCUT2D eigenvalue weighted by atomic mass is 9.70. The minimum absolute atomic E-state index is 0.0409. The van der Waals surface area contributed by atoms with Gasteiger partial charge in [0.05, 0.1) is 6.26 Å². The van der Waals surface area contributed by atoms with Gasteiger partial charge in [-0.05, 0) is 18.4 Å². The standard InChI is InChI=1S/C20H24N2O4/c21-22-14-20(10-5-2-6-11-20)19(24)18-17(16(23)9-12-25-18)26-13-15-7-3-1-4-8-15/h1,3-4,7-9,12,14,19,24H,2,5-6,10-11,13,21H2/b22-14-. The lowest BCUT2D eigenvalue weighted by molar-refractivity contribution is 0.0258. The van der Waals surface area contributed by atoms with Crippen LogP contribution >= 0.6 is 0 Å². The highest BCUT2D eigenvalue weighted by Crippen LogP contribution is 2.46. The van der Waals surface area contributed by atoms with Crippen molar-refractivity contribution in [2.24, 2.45) is 16.4 Å². The molecule has 1 heterocycles. The molecule has 2 aromatic rings. The van der Waals surface area contributed by atoms with E-state index in [1.54, 1.807) is 6.21 Å². The van der Waals surface area contributed by atoms with Gasteiger partial charge in [-0.3, -0.25) is 4.79 Å². The van der Waals surface area contributed by atoms with Crippen LogP contribution < -0.4 is 16.0 Å². The van der Waals surface area contributed by atoms with Gasteiger partial charge in [-0.1, -0.05) is 49.6 Å². The van der Waals surface area contributed by atoms with Gasteiger partial charge in [0.1, 0.15) is 12.7 Å². The third kappa shape index (κ3) is 3.80. The molecule has 0 aliphatic heterocycles. The number of hydrogen-bond acceptors (Lipinski definition) is 6. The summed E-state index contributed by atoms with van der Waals surface area (Å²) in [6, 6.07) is 10.8. The van der Waals surface area contributed by atoms with Crippen LogP contribution in [-0.2, 0) is 6.61 Å². The first-order valence-electron chi connectivity index (χ1n) is 8.87. The quantitative estimate of drug-likeness (QED) is 0.471. The topological polar surface area (TPSA) is 98.0 Å². The maximum absolute atomic E-state index is 12.4. The van der Waals surface area contributed by atoms with Gasteiger partial charge in [-0.25, -0.2) is 0 Å². The molecule has 138 valence electrons. The average Bonchev–Trinajstić information content (AvgIpc) is 2.68. The van der Waals surface area contributed by atoms with Gasteiger partial charge in [0.15, 0.2) is 5.76 Å². The molecule has 1 fully saturated rings. The number of nitrogens with zero attached hydrogens (tertiary/aromatic N) is 1. The lowest BCUT2D eigenvalue weighted by Crippen LogP contribution is -2.34. The molecule has 1 saturated carbocycles. The zero-order valence-corrected chi connectivity index (χ0v) is 14.6. The largest absolute Gasteiger partial charge is 0.482 e. The van der Waals surface area contributed by atoms with Gasteiger partial charge in [0, 0.05) is 17.7 Å². The Bertz CT molecular complexity index is 795. The molecule has 1 unspecified atom stereocenters. The Balaban J connectivity index is 1.91. The molecular weight excluding hydrogens is 332 g/mol. The molecule has 6 nitrogen and oxygen atoms in total. The molecule has 0 saturated heterocycles. The van der Waals surface area contributed by atoms with Crippen LogP contribution in [0.25, 0.3) is 0 Å². The van der Waals surface area contributed by atoms with Crippen LogP contribution in [0.2, 0.25) is 0 Å². The maximum Gasteiger partial charge on any atom is 0.227 e. The van der Waals surface area contributed by atoms with Gasteiger partial charge in [-0.15, -0.1) is 0 Å². The van der Waals surface area contributed by atoms with Crippen molar-refractivity contribution in [2.45, 2.75) is 44.8 Å². The molecule has 3 rings (SSSR count). The normalized spacial score (nSPS) is 17.9. The Labute approximate surface area is 152 Å². The summed E-state index contributed by atoms with van der Waals surface area (Å²) in [5.41, 5.74) is -0.0428. The van der Waals surface area contributed by atoms with Gasteiger partial charge in [0.25, 0.3) is 0 Å². The van der Waals surface area contributed by atoms with E-state index in [0.29, 0.717) is 0 Å². The smallest absolute Gasteiger partial charge is 0.227 e. The highest BCUT2D eigenvalue weighted by Gasteiger charge is 2.42. The second-order valence-electron chi connectivity index (χ2n) is 6.73. The number of hydrazone groups is 1. The van der Waals surface area contributed by atoms with E-state index in [1.807, 2.05) is 30.3 Å². The summed E-state index contributed by atoms with van der Waals surface area (Å²) in [7, 11) is 0. The molecule has 0 bridgehead atoms. The number of benzene rings is 1. The van der Waals surface area contributed by atoms with Crippen molar-refractivity contribution in [2.75, 3.05) is 0 Å². The Morgan fingerprint density at radius 3 is 2.65 bits per heavy atom. The molecular formula is C20H24N2O4. The highest BCUT2D eigenvalue weighted by molar-refractivity contribution is 5.67. The summed E-state index contributed by atoms with van der Waals surface area (Å²) in [5.74, 6) is 5.57. The molecule has 0 radical (unpaired) electrons. The summed E-state index contributed by atoms with van der Waals surface area (Å²) >= 11 is 0. The Kier molecular flexibility index (Phi) is 5.73. The maximum atomic E-state index is 12.4. The SMILES string of the molecule is N/N=C\C1(C(O)c2occc(=O)c2OCc2ccccc2)CCCCC1. The fraction of sp³-hybridized carbons (Fsp3) is 0.400. The van der Waals surface area contributed by atoms with Crippen molar-refractivity contribution in [1.82, 2.24) is 0 Å². The van der Waals surface area contributed by atoms with Crippen molar-refractivity contribution < 1.29 is 14.3 Å². The van der Waals surface area contributed by atoms with E-state index in [-0.39, 0.29) is 23.5 Å². The van der Waals surface area contributed by atoms with E-state index in [4.69, 9.17) is 15.0 Å². The highest BCUT2D eigenvalue weighted by atomic mass is 16.5. The number of rotatable bonds is 6. The molecule has 1 atom stereocenters. The fourth-order valence-corrected chi connectivity index (χ4v) is 3.57. The first-order chi connectivity index (χ1) is 12.7. The van der Waals surface area contributed by atoms with Crippen LogP contribution in [0.15, 0.2) is 57.0 Å². The Hall–Kier alpha value is -2.60. The van der Waals surface area contributed by atoms with Crippen molar-refractivity contribution >= 4 is 6.21 Å². The van der Waals surface area contributed by atoms with Crippen LogP contribution in [0.5, 0.6) is 5.75 Å². The minimum Gasteiger partial charge on any atom is -0.482 e. The van der Waals surface area contributed by atoms with E-state index < -0.39 is 11.5 Å². The van der Waals surface area contributed by atoms with Gasteiger partial charge in [0.2, 0.25) is 11.2 Å². The number of hydrogen-bond donors (Lipinski definition) is 2. The number of aliphatic hydroxyl groups is 1. The number of aliphatic hydroxyl groups excluding tert-OH is 1. The van der Waals surface area contributed by atoms with Crippen LogP contribution in [0.1, 0.15) is 49.5 Å². The zero-order chi connectivity index (χ0) is 18.4. The van der Waals surface area contributed by atoms with Crippen LogP contribution in [-0.4, -0.2) is 11.3 Å². The lowest BCUT2D eigenvalue weighted by Gasteiger charge is -2.37. The first-order valence-corrected chi connectivity index (χ1v) is 8.87. The molecule has 1 aromatic heterocycles. The summed E-state index contributed by atoms with van der Waals surface area (Å²) in [5, 5.41) is 14.7. The second-order valence-corrected chi connectivity index (χ2v) is 6.73. The summed E-state index contributed by atoms with van der Waals surface area (Å²) in [6.45, 7) is 0.216. The van der Waals surface area contributed by atoms with E-state index in [0.717, 1.165) is 37.7 Å². The van der Waals surface area contributed by atoms with Crippen molar-refractivity contribution in [1.29, 1.82) is 0 Å². The monoisotopic (exact) mass is 356 g/mol. The predicted octanol–water partition coefficient (Wildman–Crippen LogP) is 3.15. The van der Waals surface area contributed by atoms with Gasteiger partial charge < -0.3 is 20.1 Å². The zero-order valence-electron chi connectivity index (χ0n) is 14.6. The molecule has 0 spiro atoms. The van der Waals surface area contributed by atoms with E-state index in [9.17, 15) is 9.90 Å². The molecule has 6 heteroatoms. The van der Waals surface area contributed by atoms with Crippen LogP contribution in [0.4, 0.5) is 0 Å². The van der Waals surface area contributed by atoms with Crippen molar-refractivity contribution in [3.05, 3.63) is 64.2 Å². The molecule has 26 heavy (non-hydrogen) atoms. The van der Waals surface area contributed by atoms with E-state index in [1.165, 1.54) is 12.3 Å². The fourth-order valence-electron chi connectivity index (χ4n) is 3.57. The summed E-state index contributed by atoms with van der Waals surface area (Å²) in [4.78, 5) is 12.4. The Morgan fingerprint density at radius 1 is 1.23 bits per heavy atom. The Morgan fingerprint density at radius 2 is 1.96 bits per heavy atom. The van der Waals surface area contributed by atoms with Gasteiger partial charge >= 0.3 is 0 Å². The second kappa shape index (κ2) is 8.19. The van der Waals surface area contributed by atoms with E-state index >= 15 is 0 Å². The van der Waals surface area contributed by atoms with Crippen LogP contribution in [0.3, 0.4) is 0 Å². The number of nitrogens with two attached hydrogens (primary N) is 1.